The van der Waals surface area contributed by atoms with Crippen molar-refractivity contribution in [2.45, 2.75) is 32.4 Å². The van der Waals surface area contributed by atoms with Crippen molar-refractivity contribution in [2.75, 3.05) is 7.11 Å². The first kappa shape index (κ1) is 16.9. The second kappa shape index (κ2) is 8.21. The molecule has 2 amide bonds. The first-order valence-corrected chi connectivity index (χ1v) is 6.76. The van der Waals surface area contributed by atoms with E-state index in [4.69, 9.17) is 10.5 Å². The van der Waals surface area contributed by atoms with Crippen LogP contribution in [0.1, 0.15) is 31.9 Å². The molecule has 0 saturated carbocycles. The Morgan fingerprint density at radius 1 is 1.29 bits per heavy atom. The van der Waals surface area contributed by atoms with E-state index in [1.54, 1.807) is 12.1 Å². The number of carbonyl (C=O) groups is 2. The van der Waals surface area contributed by atoms with E-state index in [0.29, 0.717) is 6.42 Å². The van der Waals surface area contributed by atoms with Crippen molar-refractivity contribution >= 4 is 11.8 Å². The van der Waals surface area contributed by atoms with Crippen molar-refractivity contribution in [3.63, 3.8) is 0 Å². The van der Waals surface area contributed by atoms with Crippen LogP contribution in [0.25, 0.3) is 0 Å². The van der Waals surface area contributed by atoms with Crippen LogP contribution in [-0.2, 0) is 14.3 Å². The fourth-order valence-electron chi connectivity index (χ4n) is 1.87. The highest BCUT2D eigenvalue weighted by molar-refractivity contribution is 5.89. The molecule has 5 heteroatoms. The van der Waals surface area contributed by atoms with Crippen LogP contribution in [-0.4, -0.2) is 25.0 Å². The Balaban J connectivity index is 2.80. The molecule has 0 bridgehead atoms. The molecule has 0 aliphatic rings. The molecule has 0 unspecified atom stereocenters. The van der Waals surface area contributed by atoms with Gasteiger partial charge in [0.1, 0.15) is 6.04 Å². The number of allylic oxidation sites excluding steroid dienone is 1. The first-order valence-electron chi connectivity index (χ1n) is 6.76. The minimum atomic E-state index is -0.764. The molecule has 2 atom stereocenters. The number of carbonyl (C=O) groups excluding carboxylic acids is 2. The molecule has 0 aliphatic heterocycles. The van der Waals surface area contributed by atoms with Gasteiger partial charge in [0.05, 0.1) is 0 Å². The topological polar surface area (TPSA) is 81.4 Å². The van der Waals surface area contributed by atoms with Crippen LogP contribution >= 0.6 is 0 Å². The van der Waals surface area contributed by atoms with Gasteiger partial charge in [-0.15, -0.1) is 0 Å². The summed E-state index contributed by atoms with van der Waals surface area (Å²) in [5.41, 5.74) is 7.11. The van der Waals surface area contributed by atoms with Gasteiger partial charge in [-0.1, -0.05) is 42.0 Å². The van der Waals surface area contributed by atoms with Gasteiger partial charge in [0.25, 0.3) is 5.91 Å². The monoisotopic (exact) mass is 290 g/mol. The fourth-order valence-corrected chi connectivity index (χ4v) is 1.87. The second-order valence-corrected chi connectivity index (χ2v) is 5.01. The van der Waals surface area contributed by atoms with Gasteiger partial charge in [0.15, 0.2) is 6.10 Å². The lowest BCUT2D eigenvalue weighted by molar-refractivity contribution is -0.134. The van der Waals surface area contributed by atoms with Gasteiger partial charge in [-0.25, -0.2) is 0 Å². The molecule has 0 spiro atoms. The minimum Gasteiger partial charge on any atom is -0.368 e. The maximum atomic E-state index is 12.3. The zero-order chi connectivity index (χ0) is 15.8. The summed E-state index contributed by atoms with van der Waals surface area (Å²) in [7, 11) is 1.45. The zero-order valence-corrected chi connectivity index (χ0v) is 12.6. The largest absolute Gasteiger partial charge is 0.368 e. The number of methoxy groups -OCH3 is 1. The van der Waals surface area contributed by atoms with Crippen LogP contribution in [0.15, 0.2) is 42.0 Å². The molecule has 1 aromatic carbocycles. The lowest BCUT2D eigenvalue weighted by Gasteiger charge is -2.19. The van der Waals surface area contributed by atoms with Gasteiger partial charge in [-0.3, -0.25) is 9.59 Å². The molecular formula is C16H22N2O3. The number of hydrogen-bond donors (Lipinski definition) is 2. The van der Waals surface area contributed by atoms with E-state index in [1.165, 1.54) is 7.11 Å². The molecule has 21 heavy (non-hydrogen) atoms. The normalized spacial score (nSPS) is 13.1. The number of primary amides is 1. The van der Waals surface area contributed by atoms with Gasteiger partial charge in [-0.05, 0) is 25.8 Å². The van der Waals surface area contributed by atoms with E-state index in [-0.39, 0.29) is 5.91 Å². The molecule has 114 valence electrons. The Hall–Kier alpha value is -2.14. The molecule has 0 aromatic heterocycles. The Kier molecular flexibility index (Phi) is 6.62. The van der Waals surface area contributed by atoms with Crippen molar-refractivity contribution in [1.82, 2.24) is 5.32 Å². The number of hydrogen-bond acceptors (Lipinski definition) is 3. The standard InChI is InChI=1S/C16H22N2O3/c1-11(2)9-10-13(15(17)19)18-16(20)14(21-3)12-7-5-4-6-8-12/h4-9,13-14H,10H2,1-3H3,(H2,17,19)(H,18,20)/t13-,14-/m0/s1. The maximum absolute atomic E-state index is 12.3. The third kappa shape index (κ3) is 5.39. The average molecular weight is 290 g/mol. The summed E-state index contributed by atoms with van der Waals surface area (Å²) in [6, 6.07) is 8.35. The van der Waals surface area contributed by atoms with Crippen LogP contribution in [0.4, 0.5) is 0 Å². The molecule has 0 aliphatic carbocycles. The van der Waals surface area contributed by atoms with E-state index in [2.05, 4.69) is 5.32 Å². The summed E-state index contributed by atoms with van der Waals surface area (Å²) in [6.45, 7) is 3.84. The van der Waals surface area contributed by atoms with Gasteiger partial charge in [0, 0.05) is 7.11 Å². The molecular weight excluding hydrogens is 268 g/mol. The summed E-state index contributed by atoms with van der Waals surface area (Å²) >= 11 is 0. The second-order valence-electron chi connectivity index (χ2n) is 5.01. The molecule has 1 rings (SSSR count). The Morgan fingerprint density at radius 3 is 2.38 bits per heavy atom. The van der Waals surface area contributed by atoms with Crippen molar-refractivity contribution in [3.8, 4) is 0 Å². The van der Waals surface area contributed by atoms with Crippen molar-refractivity contribution in [1.29, 1.82) is 0 Å². The number of amides is 2. The Bertz CT molecular complexity index is 508. The minimum absolute atomic E-state index is 0.370. The maximum Gasteiger partial charge on any atom is 0.254 e. The Labute approximate surface area is 125 Å². The number of nitrogens with one attached hydrogen (secondary N) is 1. The lowest BCUT2D eigenvalue weighted by Crippen LogP contribution is -2.46. The highest BCUT2D eigenvalue weighted by Crippen LogP contribution is 2.16. The third-order valence-corrected chi connectivity index (χ3v) is 3.00. The first-order chi connectivity index (χ1) is 9.95. The smallest absolute Gasteiger partial charge is 0.254 e. The van der Waals surface area contributed by atoms with E-state index in [0.717, 1.165) is 11.1 Å². The molecule has 0 saturated heterocycles. The average Bonchev–Trinajstić information content (AvgIpc) is 2.44. The van der Waals surface area contributed by atoms with Crippen LogP contribution in [0.3, 0.4) is 0 Å². The molecule has 3 N–H and O–H groups in total. The van der Waals surface area contributed by atoms with Gasteiger partial charge in [0.2, 0.25) is 5.91 Å². The SMILES string of the molecule is CO[C@H](C(=O)N[C@@H](CC=C(C)C)C(N)=O)c1ccccc1. The summed E-state index contributed by atoms with van der Waals surface area (Å²) in [5.74, 6) is -0.946. The molecule has 0 radical (unpaired) electrons. The molecule has 5 nitrogen and oxygen atoms in total. The zero-order valence-electron chi connectivity index (χ0n) is 12.6. The van der Waals surface area contributed by atoms with Crippen LogP contribution in [0, 0.1) is 0 Å². The van der Waals surface area contributed by atoms with Crippen LogP contribution in [0.5, 0.6) is 0 Å². The van der Waals surface area contributed by atoms with Crippen molar-refractivity contribution < 1.29 is 14.3 Å². The third-order valence-electron chi connectivity index (χ3n) is 3.00. The van der Waals surface area contributed by atoms with Crippen molar-refractivity contribution in [3.05, 3.63) is 47.5 Å². The Morgan fingerprint density at radius 2 is 1.90 bits per heavy atom. The van der Waals surface area contributed by atoms with Crippen LogP contribution in [0.2, 0.25) is 0 Å². The number of rotatable bonds is 7. The lowest BCUT2D eigenvalue weighted by atomic mass is 10.1. The predicted octanol–water partition coefficient (Wildman–Crippen LogP) is 1.70. The molecule has 0 heterocycles. The fraction of sp³-hybridized carbons (Fsp3) is 0.375. The number of nitrogens with two attached hydrogens (primary N) is 1. The number of ether oxygens (including phenoxy) is 1. The summed E-state index contributed by atoms with van der Waals surface area (Å²) in [5, 5.41) is 2.64. The van der Waals surface area contributed by atoms with Gasteiger partial charge >= 0.3 is 0 Å². The highest BCUT2D eigenvalue weighted by atomic mass is 16.5. The van der Waals surface area contributed by atoms with Gasteiger partial charge in [-0.2, -0.15) is 0 Å². The highest BCUT2D eigenvalue weighted by Gasteiger charge is 2.24. The van der Waals surface area contributed by atoms with E-state index < -0.39 is 18.1 Å². The quantitative estimate of drug-likeness (QED) is 0.750. The predicted molar refractivity (Wildman–Crippen MR) is 81.4 cm³/mol. The molecule has 0 fully saturated rings. The van der Waals surface area contributed by atoms with E-state index in [1.807, 2.05) is 38.1 Å². The van der Waals surface area contributed by atoms with E-state index in [9.17, 15) is 9.59 Å². The summed E-state index contributed by atoms with van der Waals surface area (Å²) in [6.07, 6.45) is 1.47. The molecule has 1 aromatic rings. The van der Waals surface area contributed by atoms with Crippen LogP contribution < -0.4 is 11.1 Å². The van der Waals surface area contributed by atoms with Gasteiger partial charge < -0.3 is 15.8 Å². The van der Waals surface area contributed by atoms with Crippen molar-refractivity contribution in [2.24, 2.45) is 5.73 Å². The summed E-state index contributed by atoms with van der Waals surface area (Å²) < 4.78 is 5.22. The van der Waals surface area contributed by atoms with E-state index >= 15 is 0 Å². The summed E-state index contributed by atoms with van der Waals surface area (Å²) in [4.78, 5) is 23.7. The number of benzene rings is 1.